The molecule has 1 aliphatic carbocycles. The molecule has 2 aliphatic heterocycles. The Labute approximate surface area is 190 Å². The average molecular weight is 436 g/mol. The van der Waals surface area contributed by atoms with E-state index in [1.807, 2.05) is 24.3 Å². The van der Waals surface area contributed by atoms with Crippen molar-refractivity contribution in [3.05, 3.63) is 59.2 Å². The summed E-state index contributed by atoms with van der Waals surface area (Å²) in [5.41, 5.74) is 3.25. The minimum absolute atomic E-state index is 0.0461. The van der Waals surface area contributed by atoms with Crippen molar-refractivity contribution < 1.29 is 14.3 Å². The fourth-order valence-electron chi connectivity index (χ4n) is 5.31. The Balaban J connectivity index is 1.16. The Kier molecular flexibility index (Phi) is 6.32. The number of hydrogen-bond acceptors (Lipinski definition) is 5. The van der Waals surface area contributed by atoms with Crippen LogP contribution in [0.4, 0.5) is 0 Å². The zero-order valence-electron chi connectivity index (χ0n) is 18.7. The Morgan fingerprint density at radius 3 is 2.62 bits per heavy atom. The van der Waals surface area contributed by atoms with E-state index in [0.29, 0.717) is 18.8 Å². The quantitative estimate of drug-likeness (QED) is 0.642. The first kappa shape index (κ1) is 21.3. The third-order valence-electron chi connectivity index (χ3n) is 7.13. The number of ether oxygens (including phenoxy) is 2. The van der Waals surface area contributed by atoms with E-state index in [1.54, 1.807) is 0 Å². The first-order valence-electron chi connectivity index (χ1n) is 11.9. The third-order valence-corrected chi connectivity index (χ3v) is 7.13. The molecule has 2 aromatic carbocycles. The molecule has 2 fully saturated rings. The van der Waals surface area contributed by atoms with Crippen molar-refractivity contribution >= 4 is 5.91 Å². The molecule has 6 nitrogen and oxygen atoms in total. The van der Waals surface area contributed by atoms with Crippen LogP contribution in [0.2, 0.25) is 0 Å². The summed E-state index contributed by atoms with van der Waals surface area (Å²) in [5.74, 6) is 2.29. The zero-order valence-corrected chi connectivity index (χ0v) is 18.7. The van der Waals surface area contributed by atoms with E-state index in [-0.39, 0.29) is 18.0 Å². The molecule has 1 unspecified atom stereocenters. The van der Waals surface area contributed by atoms with Crippen molar-refractivity contribution in [3.8, 4) is 11.5 Å². The molecular formula is C26H33N3O3. The minimum Gasteiger partial charge on any atom is -0.454 e. The molecule has 2 heterocycles. The molecule has 3 atom stereocenters. The molecule has 0 spiro atoms. The number of amides is 1. The van der Waals surface area contributed by atoms with Gasteiger partial charge in [-0.25, -0.2) is 0 Å². The molecule has 3 aliphatic rings. The number of rotatable bonds is 6. The smallest absolute Gasteiger partial charge is 0.251 e. The van der Waals surface area contributed by atoms with Crippen molar-refractivity contribution in [2.45, 2.75) is 63.1 Å². The minimum atomic E-state index is 0.0461. The number of para-hydroxylation sites is 1. The van der Waals surface area contributed by atoms with Crippen LogP contribution in [0.15, 0.2) is 42.5 Å². The van der Waals surface area contributed by atoms with Gasteiger partial charge in [0.2, 0.25) is 6.79 Å². The molecular weight excluding hydrogens is 402 g/mol. The van der Waals surface area contributed by atoms with Crippen LogP contribution in [0.5, 0.6) is 11.5 Å². The second kappa shape index (κ2) is 9.51. The molecule has 2 aromatic rings. The van der Waals surface area contributed by atoms with E-state index < -0.39 is 0 Å². The predicted molar refractivity (Wildman–Crippen MR) is 124 cm³/mol. The number of piperidine rings is 1. The normalized spacial score (nSPS) is 23.8. The lowest BCUT2D eigenvalue weighted by atomic mass is 9.96. The van der Waals surface area contributed by atoms with Gasteiger partial charge >= 0.3 is 0 Å². The van der Waals surface area contributed by atoms with E-state index >= 15 is 0 Å². The topological polar surface area (TPSA) is 71.6 Å². The molecule has 5 rings (SSSR count). The molecule has 1 saturated carbocycles. The molecule has 6 heteroatoms. The summed E-state index contributed by atoms with van der Waals surface area (Å²) in [5, 5.41) is 10.3. The lowest BCUT2D eigenvalue weighted by molar-refractivity contribution is 0.0929. The molecule has 1 amide bonds. The third kappa shape index (κ3) is 4.62. The number of carbonyl (C=O) groups excluding carboxylic acids is 1. The summed E-state index contributed by atoms with van der Waals surface area (Å²) in [6, 6.07) is 15.3. The van der Waals surface area contributed by atoms with Gasteiger partial charge in [-0.1, -0.05) is 24.3 Å². The second-order valence-electron chi connectivity index (χ2n) is 9.30. The fraction of sp³-hybridized carbons (Fsp3) is 0.500. The van der Waals surface area contributed by atoms with Crippen molar-refractivity contribution in [1.82, 2.24) is 16.0 Å². The maximum Gasteiger partial charge on any atom is 0.251 e. The molecule has 32 heavy (non-hydrogen) atoms. The van der Waals surface area contributed by atoms with Crippen LogP contribution < -0.4 is 25.4 Å². The molecule has 0 radical (unpaired) electrons. The predicted octanol–water partition coefficient (Wildman–Crippen LogP) is 3.88. The first-order chi connectivity index (χ1) is 15.7. The van der Waals surface area contributed by atoms with Gasteiger partial charge in [-0.2, -0.15) is 0 Å². The number of fused-ring (bicyclic) bond motifs is 1. The highest BCUT2D eigenvalue weighted by atomic mass is 16.7. The largest absolute Gasteiger partial charge is 0.454 e. The van der Waals surface area contributed by atoms with E-state index in [1.165, 1.54) is 5.56 Å². The van der Waals surface area contributed by atoms with Gasteiger partial charge in [-0.15, -0.1) is 0 Å². The monoisotopic (exact) mass is 435 g/mol. The Morgan fingerprint density at radius 1 is 1.00 bits per heavy atom. The van der Waals surface area contributed by atoms with Gasteiger partial charge in [0.05, 0.1) is 0 Å². The summed E-state index contributed by atoms with van der Waals surface area (Å²) < 4.78 is 11.2. The van der Waals surface area contributed by atoms with Crippen LogP contribution in [0, 0.1) is 0 Å². The van der Waals surface area contributed by atoms with Crippen molar-refractivity contribution in [3.63, 3.8) is 0 Å². The van der Waals surface area contributed by atoms with Gasteiger partial charge in [0.25, 0.3) is 5.91 Å². The summed E-state index contributed by atoms with van der Waals surface area (Å²) >= 11 is 0. The highest BCUT2D eigenvalue weighted by Gasteiger charge is 2.29. The summed E-state index contributed by atoms with van der Waals surface area (Å²) in [6.07, 6.45) is 5.43. The lowest BCUT2D eigenvalue weighted by Crippen LogP contribution is -2.42. The van der Waals surface area contributed by atoms with E-state index in [0.717, 1.165) is 67.8 Å². The summed E-state index contributed by atoms with van der Waals surface area (Å²) in [4.78, 5) is 12.6. The van der Waals surface area contributed by atoms with Crippen molar-refractivity contribution in [1.29, 1.82) is 0 Å². The van der Waals surface area contributed by atoms with Gasteiger partial charge in [0.1, 0.15) is 0 Å². The maximum atomic E-state index is 12.6. The molecule has 1 saturated heterocycles. The van der Waals surface area contributed by atoms with Crippen molar-refractivity contribution in [2.75, 3.05) is 19.9 Å². The number of hydrogen-bond donors (Lipinski definition) is 3. The van der Waals surface area contributed by atoms with Gasteiger partial charge in [-0.05, 0) is 81.8 Å². The highest BCUT2D eigenvalue weighted by molar-refractivity contribution is 5.94. The molecule has 0 bridgehead atoms. The van der Waals surface area contributed by atoms with Crippen LogP contribution in [-0.4, -0.2) is 37.9 Å². The standard InChI is InChI=1S/C26H33N3O3/c1-17(23-3-2-4-24-25(23)32-16-31-24)28-22-10-9-20(15-22)18-5-7-19(8-6-18)26(30)29-21-11-13-27-14-12-21/h2-8,17,20-22,27-28H,9-16H2,1H3,(H,29,30)/t17-,20-,22?/m1/s1. The van der Waals surface area contributed by atoms with Gasteiger partial charge in [0, 0.05) is 29.3 Å². The average Bonchev–Trinajstić information content (AvgIpc) is 3.49. The zero-order chi connectivity index (χ0) is 21.9. The summed E-state index contributed by atoms with van der Waals surface area (Å²) in [7, 11) is 0. The Morgan fingerprint density at radius 2 is 1.81 bits per heavy atom. The van der Waals surface area contributed by atoms with Crippen LogP contribution in [0.3, 0.4) is 0 Å². The number of carbonyl (C=O) groups is 1. The molecule has 170 valence electrons. The van der Waals surface area contributed by atoms with Gasteiger partial charge < -0.3 is 25.4 Å². The van der Waals surface area contributed by atoms with Crippen LogP contribution in [0.1, 0.15) is 72.5 Å². The van der Waals surface area contributed by atoms with Gasteiger partial charge in [0.15, 0.2) is 11.5 Å². The Hall–Kier alpha value is -2.57. The van der Waals surface area contributed by atoms with Crippen LogP contribution >= 0.6 is 0 Å². The van der Waals surface area contributed by atoms with E-state index in [2.05, 4.69) is 41.1 Å². The maximum absolute atomic E-state index is 12.6. The van der Waals surface area contributed by atoms with Crippen molar-refractivity contribution in [2.24, 2.45) is 0 Å². The van der Waals surface area contributed by atoms with E-state index in [9.17, 15) is 4.79 Å². The molecule has 3 N–H and O–H groups in total. The SMILES string of the molecule is C[C@@H](NC1CC[C@@H](c2ccc(C(=O)NC3CCNCC3)cc2)C1)c1cccc2c1OCO2. The number of nitrogens with one attached hydrogen (secondary N) is 3. The lowest BCUT2D eigenvalue weighted by Gasteiger charge is -2.23. The van der Waals surface area contributed by atoms with Crippen LogP contribution in [0.25, 0.3) is 0 Å². The first-order valence-corrected chi connectivity index (χ1v) is 11.9. The highest BCUT2D eigenvalue weighted by Crippen LogP contribution is 2.40. The second-order valence-corrected chi connectivity index (χ2v) is 9.30. The molecule has 0 aromatic heterocycles. The van der Waals surface area contributed by atoms with Gasteiger partial charge in [-0.3, -0.25) is 4.79 Å². The van der Waals surface area contributed by atoms with Crippen LogP contribution in [-0.2, 0) is 0 Å². The fourth-order valence-corrected chi connectivity index (χ4v) is 5.31. The number of benzene rings is 2. The summed E-state index contributed by atoms with van der Waals surface area (Å²) in [6.45, 7) is 4.46. The Bertz CT molecular complexity index is 940. The van der Waals surface area contributed by atoms with E-state index in [4.69, 9.17) is 9.47 Å².